The number of anilines is 1. The molecule has 1 atom stereocenters. The number of likely N-dealkylation sites (N-methyl/N-ethyl adjacent to an activating group) is 2. The van der Waals surface area contributed by atoms with Crippen LogP contribution in [0.15, 0.2) is 30.5 Å². The summed E-state index contributed by atoms with van der Waals surface area (Å²) >= 11 is 0. The fourth-order valence-corrected chi connectivity index (χ4v) is 4.86. The molecule has 11 heteroatoms. The first-order valence-electron chi connectivity index (χ1n) is 11.0. The van der Waals surface area contributed by atoms with E-state index >= 15 is 0 Å². The summed E-state index contributed by atoms with van der Waals surface area (Å²) in [6.07, 6.45) is 3.30. The topological polar surface area (TPSA) is 118 Å². The van der Waals surface area contributed by atoms with E-state index in [1.165, 1.54) is 31.4 Å². The van der Waals surface area contributed by atoms with Crippen LogP contribution >= 0.6 is 0 Å². The number of aromatic nitrogens is 1. The van der Waals surface area contributed by atoms with Crippen LogP contribution in [0.2, 0.25) is 0 Å². The second kappa shape index (κ2) is 10.5. The Kier molecular flexibility index (Phi) is 7.86. The lowest BCUT2D eigenvalue weighted by atomic mass is 9.94. The number of nitriles is 1. The number of urea groups is 1. The highest BCUT2D eigenvalue weighted by Crippen LogP contribution is 2.36. The van der Waals surface area contributed by atoms with Gasteiger partial charge in [-0.3, -0.25) is 0 Å². The highest BCUT2D eigenvalue weighted by molar-refractivity contribution is 7.87. The minimum atomic E-state index is -4.10. The highest BCUT2D eigenvalue weighted by atomic mass is 32.2. The van der Waals surface area contributed by atoms with E-state index in [0.29, 0.717) is 16.7 Å². The van der Waals surface area contributed by atoms with E-state index < -0.39 is 22.1 Å². The van der Waals surface area contributed by atoms with Gasteiger partial charge in [-0.05, 0) is 67.7 Å². The molecule has 1 aliphatic rings. The molecule has 1 unspecified atom stereocenters. The molecule has 9 nitrogen and oxygen atoms in total. The van der Waals surface area contributed by atoms with Gasteiger partial charge in [0.25, 0.3) is 0 Å². The van der Waals surface area contributed by atoms with Gasteiger partial charge in [-0.2, -0.15) is 18.0 Å². The number of carbonyl (C=O) groups excluding carboxylic acids is 1. The summed E-state index contributed by atoms with van der Waals surface area (Å²) in [4.78, 5) is 18.8. The van der Waals surface area contributed by atoms with Crippen LogP contribution in [0.5, 0.6) is 0 Å². The molecule has 1 saturated heterocycles. The molecule has 1 aliphatic heterocycles. The summed E-state index contributed by atoms with van der Waals surface area (Å²) in [6, 6.07) is 6.65. The molecule has 2 aromatic rings. The average molecular weight is 489 g/mol. The van der Waals surface area contributed by atoms with Crippen LogP contribution < -0.4 is 10.0 Å². The van der Waals surface area contributed by atoms with Crippen LogP contribution in [0, 0.1) is 17.1 Å². The van der Waals surface area contributed by atoms with Gasteiger partial charge in [0.1, 0.15) is 17.6 Å². The second-order valence-electron chi connectivity index (χ2n) is 8.73. The molecule has 2 N–H and O–H groups in total. The maximum atomic E-state index is 14.5. The maximum Gasteiger partial charge on any atom is 0.333 e. The van der Waals surface area contributed by atoms with Gasteiger partial charge in [0.15, 0.2) is 0 Å². The second-order valence-corrected chi connectivity index (χ2v) is 10.5. The number of hydrogen-bond donors (Lipinski definition) is 2. The zero-order valence-electron chi connectivity index (χ0n) is 19.7. The van der Waals surface area contributed by atoms with Crippen molar-refractivity contribution >= 4 is 21.9 Å². The van der Waals surface area contributed by atoms with E-state index in [4.69, 9.17) is 0 Å². The molecule has 1 fully saturated rings. The van der Waals surface area contributed by atoms with Gasteiger partial charge in [0.05, 0.1) is 5.69 Å². The smallest absolute Gasteiger partial charge is 0.306 e. The molecule has 3 rings (SSSR count). The Bertz CT molecular complexity index is 1210. The number of carbonyl (C=O) groups is 1. The Balaban J connectivity index is 1.88. The molecule has 0 bridgehead atoms. The van der Waals surface area contributed by atoms with Crippen LogP contribution in [0.1, 0.15) is 43.9 Å². The van der Waals surface area contributed by atoms with Crippen molar-refractivity contribution in [3.05, 3.63) is 47.5 Å². The standard InChI is InChI=1S/C23H29FN6O3S/c1-15(2)20-11-17(24)12-21(16-7-8-26-18(10-16)13-25)22(20)27-23(31)28-34(32,33)30(4)14-19-6-5-9-29(19)3/h7-8,10-12,15,19H,5-6,9,14H2,1-4H3,(H2,27,28,31). The Morgan fingerprint density at radius 1 is 1.38 bits per heavy atom. The van der Waals surface area contributed by atoms with Crippen LogP contribution in [0.3, 0.4) is 0 Å². The lowest BCUT2D eigenvalue weighted by molar-refractivity contribution is 0.253. The first kappa shape index (κ1) is 25.6. The van der Waals surface area contributed by atoms with Gasteiger partial charge in [-0.25, -0.2) is 18.9 Å². The summed E-state index contributed by atoms with van der Waals surface area (Å²) in [7, 11) is -0.738. The summed E-state index contributed by atoms with van der Waals surface area (Å²) in [6.45, 7) is 4.82. The third-order valence-electron chi connectivity index (χ3n) is 5.95. The molecule has 1 aromatic carbocycles. The lowest BCUT2D eigenvalue weighted by Gasteiger charge is -2.25. The first-order valence-corrected chi connectivity index (χ1v) is 12.4. The summed E-state index contributed by atoms with van der Waals surface area (Å²) in [5, 5.41) is 11.8. The van der Waals surface area contributed by atoms with E-state index in [1.54, 1.807) is 6.07 Å². The Morgan fingerprint density at radius 3 is 2.74 bits per heavy atom. The van der Waals surface area contributed by atoms with Crippen LogP contribution in [-0.2, 0) is 10.2 Å². The molecule has 0 aliphatic carbocycles. The number of amides is 2. The Hall–Kier alpha value is -3.07. The van der Waals surface area contributed by atoms with Crippen LogP contribution in [0.25, 0.3) is 11.1 Å². The number of halogens is 1. The number of likely N-dealkylation sites (tertiary alicyclic amines) is 1. The SMILES string of the molecule is CC(C)c1cc(F)cc(-c2ccnc(C#N)c2)c1NC(=O)NS(=O)(=O)N(C)CC1CCCN1C. The van der Waals surface area contributed by atoms with Crippen LogP contribution in [0.4, 0.5) is 14.9 Å². The van der Waals surface area contributed by atoms with Gasteiger partial charge in [-0.1, -0.05) is 13.8 Å². The third kappa shape index (κ3) is 5.88. The van der Waals surface area contributed by atoms with Crippen molar-refractivity contribution in [1.82, 2.24) is 18.9 Å². The molecule has 182 valence electrons. The highest BCUT2D eigenvalue weighted by Gasteiger charge is 2.28. The first-order chi connectivity index (χ1) is 16.0. The number of nitrogens with zero attached hydrogens (tertiary/aromatic N) is 4. The van der Waals surface area contributed by atoms with Gasteiger partial charge in [0.2, 0.25) is 0 Å². The largest absolute Gasteiger partial charge is 0.333 e. The van der Waals surface area contributed by atoms with E-state index in [0.717, 1.165) is 23.7 Å². The Morgan fingerprint density at radius 2 is 2.12 bits per heavy atom. The maximum absolute atomic E-state index is 14.5. The molecule has 2 amide bonds. The van der Waals surface area contributed by atoms with Gasteiger partial charge >= 0.3 is 16.2 Å². The number of pyridine rings is 1. The summed E-state index contributed by atoms with van der Waals surface area (Å²) in [5.74, 6) is -0.702. The molecule has 2 heterocycles. The van der Waals surface area contributed by atoms with E-state index in [-0.39, 0.29) is 29.9 Å². The zero-order chi connectivity index (χ0) is 25.0. The molecule has 0 saturated carbocycles. The minimum absolute atomic E-state index is 0.0851. The van der Waals surface area contributed by atoms with Crippen LogP contribution in [-0.4, -0.2) is 61.9 Å². The molecule has 0 radical (unpaired) electrons. The molecular weight excluding hydrogens is 459 g/mol. The minimum Gasteiger partial charge on any atom is -0.306 e. The average Bonchev–Trinajstić information content (AvgIpc) is 3.18. The molecule has 0 spiro atoms. The quantitative estimate of drug-likeness (QED) is 0.618. The van der Waals surface area contributed by atoms with Gasteiger partial charge in [-0.15, -0.1) is 0 Å². The zero-order valence-corrected chi connectivity index (χ0v) is 20.5. The predicted molar refractivity (Wildman–Crippen MR) is 128 cm³/mol. The van der Waals surface area contributed by atoms with E-state index in [1.807, 2.05) is 31.7 Å². The van der Waals surface area contributed by atoms with Crippen molar-refractivity contribution in [2.75, 3.05) is 32.5 Å². The van der Waals surface area contributed by atoms with Gasteiger partial charge < -0.3 is 10.2 Å². The summed E-state index contributed by atoms with van der Waals surface area (Å²) in [5.41, 5.74) is 1.66. The number of rotatable bonds is 7. The third-order valence-corrected chi connectivity index (χ3v) is 7.36. The fourth-order valence-electron chi connectivity index (χ4n) is 4.05. The monoisotopic (exact) mass is 488 g/mol. The van der Waals surface area contributed by atoms with Crippen molar-refractivity contribution in [2.45, 2.75) is 38.6 Å². The van der Waals surface area contributed by atoms with Gasteiger partial charge in [0, 0.05) is 31.4 Å². The molecule has 1 aromatic heterocycles. The van der Waals surface area contributed by atoms with E-state index in [9.17, 15) is 22.9 Å². The number of hydrogen-bond acceptors (Lipinski definition) is 6. The van der Waals surface area contributed by atoms with Crippen molar-refractivity contribution in [2.24, 2.45) is 0 Å². The Labute approximate surface area is 199 Å². The summed E-state index contributed by atoms with van der Waals surface area (Å²) < 4.78 is 43.2. The lowest BCUT2D eigenvalue weighted by Crippen LogP contribution is -2.47. The number of benzene rings is 1. The van der Waals surface area contributed by atoms with Crippen molar-refractivity contribution in [3.8, 4) is 17.2 Å². The van der Waals surface area contributed by atoms with E-state index in [2.05, 4.69) is 15.2 Å². The number of nitrogens with one attached hydrogen (secondary N) is 2. The van der Waals surface area contributed by atoms with Crippen molar-refractivity contribution in [3.63, 3.8) is 0 Å². The van der Waals surface area contributed by atoms with Crippen molar-refractivity contribution in [1.29, 1.82) is 5.26 Å². The molecule has 34 heavy (non-hydrogen) atoms. The molecular formula is C23H29FN6O3S. The fraction of sp³-hybridized carbons (Fsp3) is 0.435. The van der Waals surface area contributed by atoms with Crippen molar-refractivity contribution < 1.29 is 17.6 Å². The normalized spacial score (nSPS) is 16.6. The predicted octanol–water partition coefficient (Wildman–Crippen LogP) is 3.28.